The molecule has 0 saturated heterocycles. The predicted octanol–water partition coefficient (Wildman–Crippen LogP) is 3.69. The van der Waals surface area contributed by atoms with Gasteiger partial charge in [0.15, 0.2) is 0 Å². The van der Waals surface area contributed by atoms with Crippen molar-refractivity contribution in [1.82, 2.24) is 9.97 Å². The summed E-state index contributed by atoms with van der Waals surface area (Å²) in [7, 11) is 1.24. The van der Waals surface area contributed by atoms with Gasteiger partial charge in [-0.1, -0.05) is 6.07 Å². The van der Waals surface area contributed by atoms with Crippen LogP contribution in [-0.4, -0.2) is 28.2 Å². The highest BCUT2D eigenvalue weighted by molar-refractivity contribution is 5.92. The first-order valence-corrected chi connectivity index (χ1v) is 7.82. The van der Waals surface area contributed by atoms with E-state index in [0.29, 0.717) is 11.1 Å². The molecule has 0 bridgehead atoms. The second-order valence-corrected chi connectivity index (χ2v) is 6.49. The van der Waals surface area contributed by atoms with Gasteiger partial charge in [-0.2, -0.15) is 0 Å². The van der Waals surface area contributed by atoms with Crippen molar-refractivity contribution in [2.24, 2.45) is 0 Å². The van der Waals surface area contributed by atoms with Gasteiger partial charge in [0.1, 0.15) is 11.6 Å². The van der Waals surface area contributed by atoms with Crippen molar-refractivity contribution >= 4 is 17.0 Å². The fraction of sp³-hybridized carbons (Fsp3) is 0.263. The van der Waals surface area contributed by atoms with Gasteiger partial charge < -0.3 is 14.8 Å². The van der Waals surface area contributed by atoms with E-state index in [9.17, 15) is 14.3 Å². The highest BCUT2D eigenvalue weighted by Crippen LogP contribution is 2.36. The third-order valence-corrected chi connectivity index (χ3v) is 4.04. The number of nitrogens with one attached hydrogen (secondary N) is 1. The quantitative estimate of drug-likeness (QED) is 0.712. The molecule has 0 spiro atoms. The lowest BCUT2D eigenvalue weighted by atomic mass is 9.87. The van der Waals surface area contributed by atoms with Crippen LogP contribution in [0, 0.1) is 12.7 Å². The topological polar surface area (TPSA) is 75.2 Å². The minimum atomic E-state index is -1.43. The van der Waals surface area contributed by atoms with Crippen molar-refractivity contribution in [3.05, 3.63) is 53.1 Å². The van der Waals surface area contributed by atoms with Gasteiger partial charge in [0.2, 0.25) is 0 Å². The number of hydrogen-bond acceptors (Lipinski definition) is 4. The molecule has 0 aliphatic heterocycles. The highest BCUT2D eigenvalue weighted by Gasteiger charge is 2.27. The molecule has 3 aromatic rings. The first-order chi connectivity index (χ1) is 11.7. The molecule has 6 heteroatoms. The Balaban J connectivity index is 2.29. The molecule has 5 nitrogen and oxygen atoms in total. The van der Waals surface area contributed by atoms with E-state index in [0.717, 1.165) is 22.9 Å². The summed E-state index contributed by atoms with van der Waals surface area (Å²) in [5.41, 5.74) is 1.44. The van der Waals surface area contributed by atoms with Crippen molar-refractivity contribution in [1.29, 1.82) is 0 Å². The van der Waals surface area contributed by atoms with Crippen LogP contribution in [0.1, 0.15) is 35.6 Å². The number of aromatic amines is 1. The van der Waals surface area contributed by atoms with Gasteiger partial charge in [0, 0.05) is 5.56 Å². The number of carbonyl (C=O) groups excluding carboxylic acids is 1. The van der Waals surface area contributed by atoms with Gasteiger partial charge in [0.05, 0.1) is 29.3 Å². The van der Waals surface area contributed by atoms with E-state index in [1.165, 1.54) is 27.0 Å². The van der Waals surface area contributed by atoms with E-state index in [2.05, 4.69) is 9.97 Å². The number of hydrogen-bond donors (Lipinski definition) is 2. The number of rotatable bonds is 3. The fourth-order valence-corrected chi connectivity index (χ4v) is 2.99. The number of benzene rings is 2. The number of ether oxygens (including phenoxy) is 1. The first kappa shape index (κ1) is 17.1. The lowest BCUT2D eigenvalue weighted by molar-refractivity contribution is 0.0596. The van der Waals surface area contributed by atoms with Crippen molar-refractivity contribution in [3.8, 4) is 11.1 Å². The van der Waals surface area contributed by atoms with Crippen LogP contribution in [0.2, 0.25) is 0 Å². The molecule has 0 amide bonds. The van der Waals surface area contributed by atoms with E-state index < -0.39 is 17.4 Å². The minimum Gasteiger partial charge on any atom is -0.465 e. The second-order valence-electron chi connectivity index (χ2n) is 6.49. The van der Waals surface area contributed by atoms with Crippen LogP contribution in [0.4, 0.5) is 4.39 Å². The van der Waals surface area contributed by atoms with Gasteiger partial charge in [-0.05, 0) is 56.2 Å². The number of halogens is 1. The molecule has 0 radical (unpaired) electrons. The molecule has 2 N–H and O–H groups in total. The Bertz CT molecular complexity index is 971. The zero-order chi connectivity index (χ0) is 18.4. The summed E-state index contributed by atoms with van der Waals surface area (Å²) >= 11 is 0. The van der Waals surface area contributed by atoms with Crippen molar-refractivity contribution in [3.63, 3.8) is 0 Å². The standard InChI is InChI=1S/C19H19FN2O3/c1-10-21-15-6-5-11(9-16(15)22-10)13-7-12(18(23)25-4)8-14(20)17(13)19(2,3)24/h5-9,24H,1-4H3,(H,21,22). The van der Waals surface area contributed by atoms with Crippen LogP contribution in [0.3, 0.4) is 0 Å². The lowest BCUT2D eigenvalue weighted by Gasteiger charge is -2.23. The predicted molar refractivity (Wildman–Crippen MR) is 92.8 cm³/mol. The van der Waals surface area contributed by atoms with Crippen LogP contribution in [0.25, 0.3) is 22.2 Å². The number of aliphatic hydroxyl groups is 1. The van der Waals surface area contributed by atoms with Crippen LogP contribution in [0.5, 0.6) is 0 Å². The summed E-state index contributed by atoms with van der Waals surface area (Å²) in [4.78, 5) is 19.4. The summed E-state index contributed by atoms with van der Waals surface area (Å²) in [5.74, 6) is -0.535. The largest absolute Gasteiger partial charge is 0.465 e. The van der Waals surface area contributed by atoms with Crippen LogP contribution in [0.15, 0.2) is 30.3 Å². The van der Waals surface area contributed by atoms with E-state index in [1.54, 1.807) is 12.1 Å². The second kappa shape index (κ2) is 5.97. The Hall–Kier alpha value is -2.73. The van der Waals surface area contributed by atoms with Gasteiger partial charge in [0.25, 0.3) is 0 Å². The van der Waals surface area contributed by atoms with E-state index in [-0.39, 0.29) is 11.1 Å². The normalized spacial score (nSPS) is 11.8. The summed E-state index contributed by atoms with van der Waals surface area (Å²) in [6.45, 7) is 4.85. The molecule has 0 atom stereocenters. The highest BCUT2D eigenvalue weighted by atomic mass is 19.1. The molecule has 2 aromatic carbocycles. The number of aryl methyl sites for hydroxylation is 1. The maximum Gasteiger partial charge on any atom is 0.337 e. The molecule has 130 valence electrons. The van der Waals surface area contributed by atoms with Crippen LogP contribution >= 0.6 is 0 Å². The first-order valence-electron chi connectivity index (χ1n) is 7.82. The smallest absolute Gasteiger partial charge is 0.337 e. The summed E-state index contributed by atoms with van der Waals surface area (Å²) in [6.07, 6.45) is 0. The average molecular weight is 342 g/mol. The maximum absolute atomic E-state index is 14.7. The van der Waals surface area contributed by atoms with E-state index in [1.807, 2.05) is 13.0 Å². The minimum absolute atomic E-state index is 0.0845. The number of nitrogens with zero attached hydrogens (tertiary/aromatic N) is 1. The third kappa shape index (κ3) is 3.13. The molecule has 3 rings (SSSR count). The molecule has 0 saturated carbocycles. The van der Waals surface area contributed by atoms with Crippen molar-refractivity contribution in [2.45, 2.75) is 26.4 Å². The Morgan fingerprint density at radius 1 is 1.28 bits per heavy atom. The molecular weight excluding hydrogens is 323 g/mol. The summed E-state index contributed by atoms with van der Waals surface area (Å²) in [5, 5.41) is 10.4. The third-order valence-electron chi connectivity index (χ3n) is 4.04. The maximum atomic E-state index is 14.7. The molecule has 0 fully saturated rings. The Morgan fingerprint density at radius 2 is 2.00 bits per heavy atom. The molecule has 1 aromatic heterocycles. The average Bonchev–Trinajstić information content (AvgIpc) is 2.91. The van der Waals surface area contributed by atoms with Gasteiger partial charge in [-0.15, -0.1) is 0 Å². The fourth-order valence-electron chi connectivity index (χ4n) is 2.99. The van der Waals surface area contributed by atoms with E-state index >= 15 is 0 Å². The Kier molecular flexibility index (Phi) is 4.08. The number of methoxy groups -OCH3 is 1. The molecule has 0 unspecified atom stereocenters. The number of aromatic nitrogens is 2. The summed E-state index contributed by atoms with van der Waals surface area (Å²) in [6, 6.07) is 8.04. The summed E-state index contributed by atoms with van der Waals surface area (Å²) < 4.78 is 19.4. The molecule has 25 heavy (non-hydrogen) atoms. The number of fused-ring (bicyclic) bond motifs is 1. The number of imidazole rings is 1. The van der Waals surface area contributed by atoms with Gasteiger partial charge in [-0.25, -0.2) is 14.2 Å². The number of esters is 1. The van der Waals surface area contributed by atoms with Crippen LogP contribution < -0.4 is 0 Å². The zero-order valence-corrected chi connectivity index (χ0v) is 14.5. The molecular formula is C19H19FN2O3. The molecule has 1 heterocycles. The Labute approximate surface area is 144 Å². The number of H-pyrrole nitrogens is 1. The van der Waals surface area contributed by atoms with Gasteiger partial charge in [-0.3, -0.25) is 0 Å². The zero-order valence-electron chi connectivity index (χ0n) is 14.5. The Morgan fingerprint density at radius 3 is 2.64 bits per heavy atom. The molecule has 0 aliphatic carbocycles. The van der Waals surface area contributed by atoms with Gasteiger partial charge >= 0.3 is 5.97 Å². The lowest BCUT2D eigenvalue weighted by Crippen LogP contribution is -2.20. The van der Waals surface area contributed by atoms with Crippen LogP contribution in [-0.2, 0) is 10.3 Å². The van der Waals surface area contributed by atoms with Crippen molar-refractivity contribution in [2.75, 3.05) is 7.11 Å². The van der Waals surface area contributed by atoms with E-state index in [4.69, 9.17) is 4.74 Å². The van der Waals surface area contributed by atoms with Crippen molar-refractivity contribution < 1.29 is 19.0 Å². The SMILES string of the molecule is COC(=O)c1cc(F)c(C(C)(C)O)c(-c2ccc3[nH]c(C)nc3c2)c1. The monoisotopic (exact) mass is 342 g/mol. The number of carbonyl (C=O) groups is 1. The molecule has 0 aliphatic rings.